The maximum Gasteiger partial charge on any atom is 0.239 e. The zero-order valence-corrected chi connectivity index (χ0v) is 7.48. The minimum Gasteiger partial charge on any atom is -0.273 e. The van der Waals surface area contributed by atoms with Crippen LogP contribution in [0.5, 0.6) is 0 Å². The van der Waals surface area contributed by atoms with Crippen molar-refractivity contribution in [3.05, 3.63) is 0 Å². The Morgan fingerprint density at radius 2 is 1.73 bits per heavy atom. The molecule has 0 unspecified atom stereocenters. The Balaban J connectivity index is 3.78. The molecule has 0 aliphatic rings. The van der Waals surface area contributed by atoms with E-state index in [4.69, 9.17) is 0 Å². The van der Waals surface area contributed by atoms with E-state index in [2.05, 4.69) is 10.5 Å². The van der Waals surface area contributed by atoms with E-state index in [9.17, 15) is 4.79 Å². The van der Waals surface area contributed by atoms with Crippen molar-refractivity contribution >= 4 is 11.6 Å². The average Bonchev–Trinajstić information content (AvgIpc) is 2.06. The van der Waals surface area contributed by atoms with Gasteiger partial charge in [-0.05, 0) is 12.8 Å². The highest BCUT2D eigenvalue weighted by Crippen LogP contribution is 1.89. The summed E-state index contributed by atoms with van der Waals surface area (Å²) in [5.74, 6) is -0.0237. The summed E-state index contributed by atoms with van der Waals surface area (Å²) in [4.78, 5) is 10.7. The van der Waals surface area contributed by atoms with Crippen LogP contribution in [0, 0.1) is 0 Å². The molecule has 0 aliphatic carbocycles. The van der Waals surface area contributed by atoms with Gasteiger partial charge in [-0.15, -0.1) is 0 Å². The van der Waals surface area contributed by atoms with E-state index < -0.39 is 0 Å². The first kappa shape index (κ1) is 10.1. The number of nitrogens with zero attached hydrogens (tertiary/aromatic N) is 1. The van der Waals surface area contributed by atoms with Crippen molar-refractivity contribution in [3.63, 3.8) is 0 Å². The first-order valence-electron chi connectivity index (χ1n) is 4.08. The zero-order valence-electron chi connectivity index (χ0n) is 7.48. The van der Waals surface area contributed by atoms with Crippen LogP contribution < -0.4 is 5.43 Å². The van der Waals surface area contributed by atoms with Crippen LogP contribution in [0.1, 0.15) is 40.0 Å². The summed E-state index contributed by atoms with van der Waals surface area (Å²) in [7, 11) is 0. The lowest BCUT2D eigenvalue weighted by molar-refractivity contribution is -0.120. The van der Waals surface area contributed by atoms with Gasteiger partial charge in [0.05, 0.1) is 0 Å². The summed E-state index contributed by atoms with van der Waals surface area (Å²) >= 11 is 0. The SMILES string of the molecule is CCC(=O)NN=C(CC)CC. The van der Waals surface area contributed by atoms with Crippen LogP contribution in [0.25, 0.3) is 0 Å². The molecule has 0 saturated heterocycles. The van der Waals surface area contributed by atoms with E-state index >= 15 is 0 Å². The Labute approximate surface area is 67.9 Å². The summed E-state index contributed by atoms with van der Waals surface area (Å²) in [5.41, 5.74) is 3.52. The molecule has 0 atom stereocenters. The lowest BCUT2D eigenvalue weighted by Crippen LogP contribution is -2.17. The highest BCUT2D eigenvalue weighted by molar-refractivity contribution is 5.85. The minimum absolute atomic E-state index is 0.0237. The molecule has 0 bridgehead atoms. The largest absolute Gasteiger partial charge is 0.273 e. The average molecular weight is 156 g/mol. The van der Waals surface area contributed by atoms with Gasteiger partial charge >= 0.3 is 0 Å². The zero-order chi connectivity index (χ0) is 8.69. The van der Waals surface area contributed by atoms with Gasteiger partial charge in [-0.1, -0.05) is 20.8 Å². The van der Waals surface area contributed by atoms with Gasteiger partial charge in [0.1, 0.15) is 0 Å². The summed E-state index contributed by atoms with van der Waals surface area (Å²) in [6.45, 7) is 5.86. The fraction of sp³-hybridized carbons (Fsp3) is 0.750. The molecule has 0 radical (unpaired) electrons. The monoisotopic (exact) mass is 156 g/mol. The van der Waals surface area contributed by atoms with Gasteiger partial charge < -0.3 is 0 Å². The Kier molecular flexibility index (Phi) is 5.43. The first-order chi connectivity index (χ1) is 5.24. The van der Waals surface area contributed by atoms with Gasteiger partial charge in [0.2, 0.25) is 5.91 Å². The Bertz CT molecular complexity index is 146. The van der Waals surface area contributed by atoms with Crippen molar-refractivity contribution in [2.75, 3.05) is 0 Å². The molecule has 11 heavy (non-hydrogen) atoms. The molecule has 0 aromatic heterocycles. The normalized spacial score (nSPS) is 9.00. The van der Waals surface area contributed by atoms with Crippen molar-refractivity contribution < 1.29 is 4.79 Å². The third-order valence-electron chi connectivity index (χ3n) is 1.48. The van der Waals surface area contributed by atoms with Gasteiger partial charge in [-0.2, -0.15) is 5.10 Å². The molecular weight excluding hydrogens is 140 g/mol. The first-order valence-corrected chi connectivity index (χ1v) is 4.08. The second-order valence-corrected chi connectivity index (χ2v) is 2.27. The number of carbonyl (C=O) groups excluding carboxylic acids is 1. The topological polar surface area (TPSA) is 41.5 Å². The molecule has 1 N–H and O–H groups in total. The second kappa shape index (κ2) is 5.89. The van der Waals surface area contributed by atoms with E-state index in [1.54, 1.807) is 0 Å². The summed E-state index contributed by atoms with van der Waals surface area (Å²) in [5, 5.41) is 3.95. The lowest BCUT2D eigenvalue weighted by atomic mass is 10.2. The molecule has 0 aliphatic heterocycles. The highest BCUT2D eigenvalue weighted by Gasteiger charge is 1.94. The molecular formula is C8H16N2O. The standard InChI is InChI=1S/C8H16N2O/c1-4-7(5-2)9-10-8(11)6-3/h4-6H2,1-3H3,(H,10,11). The molecule has 3 nitrogen and oxygen atoms in total. The van der Waals surface area contributed by atoms with Crippen LogP contribution in [0.2, 0.25) is 0 Å². The quantitative estimate of drug-likeness (QED) is 0.488. The Hall–Kier alpha value is -0.860. The van der Waals surface area contributed by atoms with Gasteiger partial charge in [0.15, 0.2) is 0 Å². The van der Waals surface area contributed by atoms with Crippen LogP contribution in [-0.4, -0.2) is 11.6 Å². The van der Waals surface area contributed by atoms with Crippen LogP contribution in [0.15, 0.2) is 5.10 Å². The van der Waals surface area contributed by atoms with E-state index in [-0.39, 0.29) is 5.91 Å². The van der Waals surface area contributed by atoms with E-state index in [1.165, 1.54) is 0 Å². The number of nitrogens with one attached hydrogen (secondary N) is 1. The maximum atomic E-state index is 10.7. The summed E-state index contributed by atoms with van der Waals surface area (Å²) in [6.07, 6.45) is 2.30. The molecule has 0 aromatic rings. The number of hydrogen-bond donors (Lipinski definition) is 1. The van der Waals surface area contributed by atoms with Crippen molar-refractivity contribution in [1.82, 2.24) is 5.43 Å². The fourth-order valence-corrected chi connectivity index (χ4v) is 0.629. The third kappa shape index (κ3) is 4.53. The van der Waals surface area contributed by atoms with Gasteiger partial charge in [-0.3, -0.25) is 4.79 Å². The minimum atomic E-state index is -0.0237. The molecule has 0 rings (SSSR count). The molecule has 0 fully saturated rings. The highest BCUT2D eigenvalue weighted by atomic mass is 16.2. The van der Waals surface area contributed by atoms with Crippen LogP contribution in [0.3, 0.4) is 0 Å². The smallest absolute Gasteiger partial charge is 0.239 e. The van der Waals surface area contributed by atoms with E-state index in [0.29, 0.717) is 6.42 Å². The number of amides is 1. The lowest BCUT2D eigenvalue weighted by Gasteiger charge is -1.99. The third-order valence-corrected chi connectivity index (χ3v) is 1.48. The Morgan fingerprint density at radius 3 is 2.09 bits per heavy atom. The van der Waals surface area contributed by atoms with Gasteiger partial charge in [0, 0.05) is 12.1 Å². The van der Waals surface area contributed by atoms with Crippen LogP contribution in [0.4, 0.5) is 0 Å². The predicted octanol–water partition coefficient (Wildman–Crippen LogP) is 1.69. The van der Waals surface area contributed by atoms with Crippen molar-refractivity contribution in [2.45, 2.75) is 40.0 Å². The van der Waals surface area contributed by atoms with Crippen molar-refractivity contribution in [2.24, 2.45) is 5.10 Å². The summed E-state index contributed by atoms with van der Waals surface area (Å²) in [6, 6.07) is 0. The molecule has 3 heteroatoms. The predicted molar refractivity (Wildman–Crippen MR) is 46.5 cm³/mol. The van der Waals surface area contributed by atoms with Crippen LogP contribution in [-0.2, 0) is 4.79 Å². The number of hydrogen-bond acceptors (Lipinski definition) is 2. The second-order valence-electron chi connectivity index (χ2n) is 2.27. The summed E-state index contributed by atoms with van der Waals surface area (Å²) < 4.78 is 0. The van der Waals surface area contributed by atoms with Gasteiger partial charge in [0.25, 0.3) is 0 Å². The molecule has 0 saturated carbocycles. The molecule has 0 spiro atoms. The number of rotatable bonds is 4. The van der Waals surface area contributed by atoms with E-state index in [0.717, 1.165) is 18.6 Å². The molecule has 0 heterocycles. The van der Waals surface area contributed by atoms with Crippen molar-refractivity contribution in [1.29, 1.82) is 0 Å². The molecule has 1 amide bonds. The maximum absolute atomic E-state index is 10.7. The molecule has 0 aromatic carbocycles. The Morgan fingerprint density at radius 1 is 1.18 bits per heavy atom. The van der Waals surface area contributed by atoms with E-state index in [1.807, 2.05) is 20.8 Å². The van der Waals surface area contributed by atoms with Crippen LogP contribution >= 0.6 is 0 Å². The fourth-order valence-electron chi connectivity index (χ4n) is 0.629. The number of hydrazone groups is 1. The molecule has 64 valence electrons. The van der Waals surface area contributed by atoms with Crippen molar-refractivity contribution in [3.8, 4) is 0 Å². The van der Waals surface area contributed by atoms with Gasteiger partial charge in [-0.25, -0.2) is 5.43 Å². The number of carbonyl (C=O) groups is 1.